The summed E-state index contributed by atoms with van der Waals surface area (Å²) in [7, 11) is 0. The highest BCUT2D eigenvalue weighted by Crippen LogP contribution is 2.30. The maximum Gasteiger partial charge on any atom is 0.335 e. The lowest BCUT2D eigenvalue weighted by molar-refractivity contribution is -0.114. The Balaban J connectivity index is 1.33. The largest absolute Gasteiger partial charge is 0.478 e. The van der Waals surface area contributed by atoms with Crippen LogP contribution in [0.15, 0.2) is 94.0 Å². The van der Waals surface area contributed by atoms with E-state index in [1.54, 1.807) is 43.3 Å². The minimum atomic E-state index is -1.05. The van der Waals surface area contributed by atoms with E-state index in [2.05, 4.69) is 10.4 Å². The van der Waals surface area contributed by atoms with Crippen LogP contribution in [0.5, 0.6) is 0 Å². The van der Waals surface area contributed by atoms with Crippen LogP contribution in [0.1, 0.15) is 44.5 Å². The highest BCUT2D eigenvalue weighted by molar-refractivity contribution is 6.34. The molecule has 1 aliphatic heterocycles. The number of carbonyl (C=O) groups excluding carboxylic acids is 2. The number of aromatic carboxylic acids is 1. The van der Waals surface area contributed by atoms with Gasteiger partial charge in [-0.3, -0.25) is 9.59 Å². The van der Waals surface area contributed by atoms with Crippen molar-refractivity contribution in [2.45, 2.75) is 20.4 Å². The topological polar surface area (TPSA) is 112 Å². The van der Waals surface area contributed by atoms with Crippen molar-refractivity contribution in [2.24, 2.45) is 5.10 Å². The van der Waals surface area contributed by atoms with Gasteiger partial charge in [-0.1, -0.05) is 41.4 Å². The molecule has 0 atom stereocenters. The molecule has 0 radical (unpaired) electrons. The number of benzene rings is 3. The zero-order valence-corrected chi connectivity index (χ0v) is 22.4. The molecular formula is C31H24ClN3O5. The average Bonchev–Trinajstić information content (AvgIpc) is 3.52. The van der Waals surface area contributed by atoms with Crippen LogP contribution in [0.2, 0.25) is 5.02 Å². The zero-order chi connectivity index (χ0) is 28.4. The first-order valence-electron chi connectivity index (χ1n) is 12.4. The molecule has 5 rings (SSSR count). The van der Waals surface area contributed by atoms with Gasteiger partial charge in [-0.25, -0.2) is 4.79 Å². The Hall–Kier alpha value is -4.95. The van der Waals surface area contributed by atoms with E-state index in [4.69, 9.17) is 21.1 Å². The molecular weight excluding hydrogens is 530 g/mol. The number of aryl methyl sites for hydroxylation is 1. The van der Waals surface area contributed by atoms with Crippen LogP contribution in [0.4, 0.5) is 5.69 Å². The standard InChI is InChI=1S/C31H24ClN3O5/c1-18-4-3-5-20(14-18)17-33-29(36)26-15-22(8-12-27(26)32)28-13-11-24(40-28)16-25-19(2)34-35(30(25)37)23-9-6-21(7-10-23)31(38)39/h3-16H,17H2,1-2H3,(H,33,36)(H,38,39)/b25-16-. The molecule has 0 spiro atoms. The fraction of sp³-hybridized carbons (Fsp3) is 0.0968. The molecule has 200 valence electrons. The van der Waals surface area contributed by atoms with Crippen LogP contribution in [0, 0.1) is 6.92 Å². The maximum atomic E-state index is 13.1. The molecule has 0 aliphatic carbocycles. The molecule has 0 unspecified atom stereocenters. The van der Waals surface area contributed by atoms with E-state index in [1.165, 1.54) is 29.3 Å². The lowest BCUT2D eigenvalue weighted by atomic mass is 10.1. The summed E-state index contributed by atoms with van der Waals surface area (Å²) in [5.41, 5.74) is 4.47. The molecule has 2 heterocycles. The van der Waals surface area contributed by atoms with Crippen molar-refractivity contribution in [1.82, 2.24) is 5.32 Å². The van der Waals surface area contributed by atoms with E-state index in [0.29, 0.717) is 51.2 Å². The minimum Gasteiger partial charge on any atom is -0.478 e. The van der Waals surface area contributed by atoms with Gasteiger partial charge in [0.25, 0.3) is 11.8 Å². The van der Waals surface area contributed by atoms with Crippen molar-refractivity contribution in [3.63, 3.8) is 0 Å². The van der Waals surface area contributed by atoms with Gasteiger partial charge >= 0.3 is 5.97 Å². The molecule has 0 saturated carbocycles. The highest BCUT2D eigenvalue weighted by Gasteiger charge is 2.29. The molecule has 3 aromatic carbocycles. The molecule has 4 aromatic rings. The molecule has 40 heavy (non-hydrogen) atoms. The molecule has 1 aromatic heterocycles. The summed E-state index contributed by atoms with van der Waals surface area (Å²) >= 11 is 6.34. The second kappa shape index (κ2) is 11.0. The normalized spacial score (nSPS) is 14.0. The van der Waals surface area contributed by atoms with E-state index in [0.717, 1.165) is 11.1 Å². The SMILES string of the molecule is CC1=NN(c2ccc(C(=O)O)cc2)C(=O)/C1=C\c1ccc(-c2ccc(Cl)c(C(=O)NCc3cccc(C)c3)c2)o1. The van der Waals surface area contributed by atoms with Crippen molar-refractivity contribution < 1.29 is 23.9 Å². The van der Waals surface area contributed by atoms with Crippen LogP contribution in [0.25, 0.3) is 17.4 Å². The number of nitrogens with zero attached hydrogens (tertiary/aromatic N) is 2. The van der Waals surface area contributed by atoms with Crippen molar-refractivity contribution in [3.05, 3.63) is 117 Å². The van der Waals surface area contributed by atoms with Gasteiger partial charge in [-0.2, -0.15) is 10.1 Å². The number of amides is 2. The summed E-state index contributed by atoms with van der Waals surface area (Å²) in [6, 6.07) is 22.3. The Bertz CT molecular complexity index is 1700. The second-order valence-electron chi connectivity index (χ2n) is 9.28. The smallest absolute Gasteiger partial charge is 0.335 e. The number of carbonyl (C=O) groups is 3. The van der Waals surface area contributed by atoms with Gasteiger partial charge in [-0.05, 0) is 80.1 Å². The molecule has 9 heteroatoms. The van der Waals surface area contributed by atoms with Gasteiger partial charge in [0.1, 0.15) is 11.5 Å². The number of furan rings is 1. The predicted octanol–water partition coefficient (Wildman–Crippen LogP) is 6.34. The van der Waals surface area contributed by atoms with Gasteiger partial charge in [-0.15, -0.1) is 0 Å². The van der Waals surface area contributed by atoms with Crippen molar-refractivity contribution >= 4 is 46.9 Å². The van der Waals surface area contributed by atoms with Crippen LogP contribution in [-0.4, -0.2) is 28.6 Å². The van der Waals surface area contributed by atoms with Crippen LogP contribution in [-0.2, 0) is 11.3 Å². The van der Waals surface area contributed by atoms with Crippen molar-refractivity contribution in [2.75, 3.05) is 5.01 Å². The summed E-state index contributed by atoms with van der Waals surface area (Å²) in [5, 5.41) is 17.9. The third kappa shape index (κ3) is 5.57. The third-order valence-corrected chi connectivity index (χ3v) is 6.70. The molecule has 1 aliphatic rings. The molecule has 2 amide bonds. The van der Waals surface area contributed by atoms with Gasteiger partial charge in [0.05, 0.1) is 33.1 Å². The van der Waals surface area contributed by atoms with E-state index >= 15 is 0 Å². The van der Waals surface area contributed by atoms with Crippen molar-refractivity contribution in [1.29, 1.82) is 0 Å². The highest BCUT2D eigenvalue weighted by atomic mass is 35.5. The molecule has 0 bridgehead atoms. The first-order valence-corrected chi connectivity index (χ1v) is 12.8. The number of hydrazone groups is 1. The fourth-order valence-corrected chi connectivity index (χ4v) is 4.49. The number of nitrogens with one attached hydrogen (secondary N) is 1. The van der Waals surface area contributed by atoms with Gasteiger partial charge in [0.15, 0.2) is 0 Å². The van der Waals surface area contributed by atoms with E-state index in [-0.39, 0.29) is 17.4 Å². The minimum absolute atomic E-state index is 0.115. The quantitative estimate of drug-likeness (QED) is 0.259. The molecule has 0 fully saturated rings. The number of carboxylic acid groups (broad SMARTS) is 1. The van der Waals surface area contributed by atoms with Gasteiger partial charge < -0.3 is 14.8 Å². The number of rotatable bonds is 7. The molecule has 0 saturated heterocycles. The Labute approximate surface area is 235 Å². The fourth-order valence-electron chi connectivity index (χ4n) is 4.28. The second-order valence-corrected chi connectivity index (χ2v) is 9.69. The van der Waals surface area contributed by atoms with Gasteiger partial charge in [0, 0.05) is 12.1 Å². The molecule has 8 nitrogen and oxygen atoms in total. The number of anilines is 1. The number of halogens is 1. The van der Waals surface area contributed by atoms with Crippen molar-refractivity contribution in [3.8, 4) is 11.3 Å². The monoisotopic (exact) mass is 553 g/mol. The maximum absolute atomic E-state index is 13.1. The van der Waals surface area contributed by atoms with Gasteiger partial charge in [0.2, 0.25) is 0 Å². The third-order valence-electron chi connectivity index (χ3n) is 6.37. The van der Waals surface area contributed by atoms with Crippen LogP contribution >= 0.6 is 11.6 Å². The van der Waals surface area contributed by atoms with E-state index < -0.39 is 5.97 Å². The first-order chi connectivity index (χ1) is 19.2. The number of hydrogen-bond acceptors (Lipinski definition) is 5. The Morgan fingerprint density at radius 3 is 2.52 bits per heavy atom. The predicted molar refractivity (Wildman–Crippen MR) is 153 cm³/mol. The number of hydrogen-bond donors (Lipinski definition) is 2. The Morgan fingerprint density at radius 2 is 1.80 bits per heavy atom. The molecule has 2 N–H and O–H groups in total. The first kappa shape index (κ1) is 26.6. The number of carboxylic acids is 1. The summed E-state index contributed by atoms with van der Waals surface area (Å²) in [4.78, 5) is 37.1. The van der Waals surface area contributed by atoms with Crippen LogP contribution in [0.3, 0.4) is 0 Å². The summed E-state index contributed by atoms with van der Waals surface area (Å²) < 4.78 is 5.99. The Morgan fingerprint density at radius 1 is 1.02 bits per heavy atom. The zero-order valence-electron chi connectivity index (χ0n) is 21.6. The lowest BCUT2D eigenvalue weighted by Gasteiger charge is -2.11. The van der Waals surface area contributed by atoms with E-state index in [9.17, 15) is 14.4 Å². The average molecular weight is 554 g/mol. The summed E-state index contributed by atoms with van der Waals surface area (Å²) in [6.07, 6.45) is 1.60. The van der Waals surface area contributed by atoms with Crippen LogP contribution < -0.4 is 10.3 Å². The van der Waals surface area contributed by atoms with E-state index in [1.807, 2.05) is 31.2 Å². The summed E-state index contributed by atoms with van der Waals surface area (Å²) in [6.45, 7) is 4.07. The lowest BCUT2D eigenvalue weighted by Crippen LogP contribution is -2.23. The summed E-state index contributed by atoms with van der Waals surface area (Å²) in [5.74, 6) is -0.794. The Kier molecular flexibility index (Phi) is 7.35.